The summed E-state index contributed by atoms with van der Waals surface area (Å²) in [6.45, 7) is 3.82. The number of benzene rings is 1. The molecule has 1 aromatic rings. The van der Waals surface area contributed by atoms with Gasteiger partial charge in [0, 0.05) is 11.7 Å². The average Bonchev–Trinajstić information content (AvgIpc) is 2.53. The van der Waals surface area contributed by atoms with E-state index in [0.29, 0.717) is 5.69 Å². The van der Waals surface area contributed by atoms with Crippen LogP contribution in [0.5, 0.6) is 0 Å². The van der Waals surface area contributed by atoms with Gasteiger partial charge >= 0.3 is 0 Å². The zero-order valence-electron chi connectivity index (χ0n) is 10.0. The zero-order valence-corrected chi connectivity index (χ0v) is 10.0. The molecule has 1 aliphatic heterocycles. The van der Waals surface area contributed by atoms with Crippen LogP contribution in [-0.4, -0.2) is 22.6 Å². The molecule has 1 aromatic carbocycles. The molecule has 1 unspecified atom stereocenters. The molecule has 17 heavy (non-hydrogen) atoms. The van der Waals surface area contributed by atoms with E-state index in [4.69, 9.17) is 5.73 Å². The van der Waals surface area contributed by atoms with Crippen molar-refractivity contribution in [2.45, 2.75) is 32.4 Å². The van der Waals surface area contributed by atoms with Gasteiger partial charge in [0.15, 0.2) is 5.78 Å². The van der Waals surface area contributed by atoms with Crippen LogP contribution in [0, 0.1) is 0 Å². The van der Waals surface area contributed by atoms with E-state index in [9.17, 15) is 9.59 Å². The molecular formula is C13H16N2O2. The number of carbonyl (C=O) groups excluding carboxylic acids is 2. The molecule has 0 aliphatic carbocycles. The van der Waals surface area contributed by atoms with Crippen molar-refractivity contribution in [1.82, 2.24) is 4.90 Å². The van der Waals surface area contributed by atoms with Crippen molar-refractivity contribution in [3.63, 3.8) is 0 Å². The first-order valence-corrected chi connectivity index (χ1v) is 5.70. The van der Waals surface area contributed by atoms with Gasteiger partial charge < -0.3 is 10.6 Å². The van der Waals surface area contributed by atoms with Crippen LogP contribution in [0.15, 0.2) is 24.3 Å². The molecule has 0 saturated carbocycles. The van der Waals surface area contributed by atoms with Crippen molar-refractivity contribution in [3.8, 4) is 0 Å². The van der Waals surface area contributed by atoms with E-state index in [1.165, 1.54) is 0 Å². The minimum absolute atomic E-state index is 0.00234. The summed E-state index contributed by atoms with van der Waals surface area (Å²) in [6.07, 6.45) is -0.00234. The maximum atomic E-state index is 11.9. The number of likely N-dealkylation sites (tertiary alicyclic amines) is 1. The number of nitrogens with two attached hydrogens (primary N) is 1. The molecule has 1 aliphatic rings. The molecule has 0 spiro atoms. The van der Waals surface area contributed by atoms with E-state index in [1.54, 1.807) is 23.1 Å². The van der Waals surface area contributed by atoms with Crippen LogP contribution in [0.25, 0.3) is 0 Å². The molecule has 2 N–H and O–H groups in total. The van der Waals surface area contributed by atoms with Gasteiger partial charge in [-0.05, 0) is 31.5 Å². The highest BCUT2D eigenvalue weighted by atomic mass is 16.2. The first kappa shape index (κ1) is 11.6. The summed E-state index contributed by atoms with van der Waals surface area (Å²) in [5, 5.41) is 0. The Kier molecular flexibility index (Phi) is 2.88. The highest BCUT2D eigenvalue weighted by Crippen LogP contribution is 2.32. The Morgan fingerprint density at radius 2 is 2.06 bits per heavy atom. The highest BCUT2D eigenvalue weighted by molar-refractivity contribution is 6.08. The van der Waals surface area contributed by atoms with Crippen molar-refractivity contribution >= 4 is 17.4 Å². The lowest BCUT2D eigenvalue weighted by atomic mass is 10.0. The van der Waals surface area contributed by atoms with Crippen molar-refractivity contribution in [3.05, 3.63) is 29.8 Å². The van der Waals surface area contributed by atoms with Crippen molar-refractivity contribution in [1.29, 1.82) is 0 Å². The van der Waals surface area contributed by atoms with Gasteiger partial charge in [-0.3, -0.25) is 9.59 Å². The molecule has 0 aromatic heterocycles. The fraction of sp³-hybridized carbons (Fsp3) is 0.385. The number of carbonyl (C=O) groups is 2. The first-order valence-electron chi connectivity index (χ1n) is 5.70. The summed E-state index contributed by atoms with van der Waals surface area (Å²) in [6, 6.07) is 6.72. The van der Waals surface area contributed by atoms with Gasteiger partial charge in [-0.25, -0.2) is 0 Å². The summed E-state index contributed by atoms with van der Waals surface area (Å²) < 4.78 is 0. The van der Waals surface area contributed by atoms with Crippen LogP contribution in [-0.2, 0) is 9.59 Å². The summed E-state index contributed by atoms with van der Waals surface area (Å²) in [5.74, 6) is -0.147. The van der Waals surface area contributed by atoms with Crippen LogP contribution in [0.4, 0.5) is 5.69 Å². The second-order valence-corrected chi connectivity index (χ2v) is 4.61. The van der Waals surface area contributed by atoms with Gasteiger partial charge in [0.05, 0.1) is 6.42 Å². The highest BCUT2D eigenvalue weighted by Gasteiger charge is 2.40. The molecular weight excluding hydrogens is 216 g/mol. The molecule has 1 atom stereocenters. The summed E-state index contributed by atoms with van der Waals surface area (Å²) in [4.78, 5) is 25.3. The molecule has 0 bridgehead atoms. The molecule has 1 saturated heterocycles. The van der Waals surface area contributed by atoms with Gasteiger partial charge in [0.1, 0.15) is 6.04 Å². The standard InChI is InChI=1S/C13H16N2O2/c1-8(2)15-12(17)7-11(16)13(15)9-4-3-5-10(14)6-9/h3-6,8,13H,7,14H2,1-2H3. The molecule has 90 valence electrons. The number of hydrogen-bond donors (Lipinski definition) is 1. The molecule has 1 fully saturated rings. The number of nitrogen functional groups attached to an aromatic ring is 1. The predicted octanol–water partition coefficient (Wildman–Crippen LogP) is 1.52. The van der Waals surface area contributed by atoms with Gasteiger partial charge in [-0.2, -0.15) is 0 Å². The normalized spacial score (nSPS) is 20.4. The zero-order chi connectivity index (χ0) is 12.6. The Labute approximate surface area is 100 Å². The van der Waals surface area contributed by atoms with Gasteiger partial charge in [-0.1, -0.05) is 12.1 Å². The van der Waals surface area contributed by atoms with Crippen LogP contribution < -0.4 is 5.73 Å². The lowest BCUT2D eigenvalue weighted by molar-refractivity contribution is -0.130. The number of anilines is 1. The Morgan fingerprint density at radius 3 is 2.65 bits per heavy atom. The maximum Gasteiger partial charge on any atom is 0.231 e. The third kappa shape index (κ3) is 2.02. The summed E-state index contributed by atoms with van der Waals surface area (Å²) in [7, 11) is 0. The molecule has 1 amide bonds. The minimum atomic E-state index is -0.467. The summed E-state index contributed by atoms with van der Waals surface area (Å²) in [5.41, 5.74) is 7.12. The van der Waals surface area contributed by atoms with Crippen LogP contribution in [0.3, 0.4) is 0 Å². The Morgan fingerprint density at radius 1 is 1.35 bits per heavy atom. The van der Waals surface area contributed by atoms with Gasteiger partial charge in [-0.15, -0.1) is 0 Å². The fourth-order valence-corrected chi connectivity index (χ4v) is 2.30. The van der Waals surface area contributed by atoms with E-state index < -0.39 is 6.04 Å². The Hall–Kier alpha value is -1.84. The number of nitrogens with zero attached hydrogens (tertiary/aromatic N) is 1. The van der Waals surface area contributed by atoms with Gasteiger partial charge in [0.2, 0.25) is 5.91 Å². The number of amides is 1. The van der Waals surface area contributed by atoms with Crippen LogP contribution >= 0.6 is 0 Å². The SMILES string of the molecule is CC(C)N1C(=O)CC(=O)C1c1cccc(N)c1. The summed E-state index contributed by atoms with van der Waals surface area (Å²) >= 11 is 0. The molecule has 0 radical (unpaired) electrons. The molecule has 2 rings (SSSR count). The third-order valence-corrected chi connectivity index (χ3v) is 2.98. The number of hydrogen-bond acceptors (Lipinski definition) is 3. The van der Waals surface area contributed by atoms with Crippen molar-refractivity contribution in [2.75, 3.05) is 5.73 Å². The second kappa shape index (κ2) is 4.20. The largest absolute Gasteiger partial charge is 0.399 e. The molecule has 4 nitrogen and oxygen atoms in total. The lowest BCUT2D eigenvalue weighted by Gasteiger charge is -2.27. The molecule has 4 heteroatoms. The predicted molar refractivity (Wildman–Crippen MR) is 65.2 cm³/mol. The van der Waals surface area contributed by atoms with E-state index >= 15 is 0 Å². The van der Waals surface area contributed by atoms with E-state index in [1.807, 2.05) is 19.9 Å². The van der Waals surface area contributed by atoms with E-state index in [0.717, 1.165) is 5.56 Å². The Bertz CT molecular complexity index is 468. The van der Waals surface area contributed by atoms with Crippen molar-refractivity contribution in [2.24, 2.45) is 0 Å². The second-order valence-electron chi connectivity index (χ2n) is 4.61. The third-order valence-electron chi connectivity index (χ3n) is 2.98. The molecule has 1 heterocycles. The Balaban J connectivity index is 2.42. The number of ketones is 1. The lowest BCUT2D eigenvalue weighted by Crippen LogP contribution is -2.35. The van der Waals surface area contributed by atoms with Crippen LogP contribution in [0.1, 0.15) is 31.9 Å². The minimum Gasteiger partial charge on any atom is -0.399 e. The first-order chi connectivity index (χ1) is 8.00. The number of rotatable bonds is 2. The quantitative estimate of drug-likeness (QED) is 0.621. The van der Waals surface area contributed by atoms with Gasteiger partial charge in [0.25, 0.3) is 0 Å². The van der Waals surface area contributed by atoms with Crippen molar-refractivity contribution < 1.29 is 9.59 Å². The number of Topliss-reactive ketones (excluding diaryl/α,β-unsaturated/α-hetero) is 1. The van der Waals surface area contributed by atoms with Crippen LogP contribution in [0.2, 0.25) is 0 Å². The average molecular weight is 232 g/mol. The topological polar surface area (TPSA) is 63.4 Å². The van der Waals surface area contributed by atoms with E-state index in [-0.39, 0.29) is 24.2 Å². The maximum absolute atomic E-state index is 11.9. The fourth-order valence-electron chi connectivity index (χ4n) is 2.30. The van der Waals surface area contributed by atoms with E-state index in [2.05, 4.69) is 0 Å². The smallest absolute Gasteiger partial charge is 0.231 e. The monoisotopic (exact) mass is 232 g/mol.